The van der Waals surface area contributed by atoms with Crippen molar-refractivity contribution in [3.63, 3.8) is 0 Å². The third-order valence-corrected chi connectivity index (χ3v) is 4.56. The largest absolute Gasteiger partial charge is 0.316 e. The van der Waals surface area contributed by atoms with E-state index in [1.807, 2.05) is 12.1 Å². The number of nitrogens with one attached hydrogen (secondary N) is 1. The molecule has 0 saturated carbocycles. The summed E-state index contributed by atoms with van der Waals surface area (Å²) in [6.45, 7) is 8.23. The van der Waals surface area contributed by atoms with Gasteiger partial charge in [0.2, 0.25) is 10.0 Å². The van der Waals surface area contributed by atoms with Crippen molar-refractivity contribution < 1.29 is 8.42 Å². The van der Waals surface area contributed by atoms with Crippen LogP contribution in [0.4, 0.5) is 0 Å². The van der Waals surface area contributed by atoms with E-state index in [0.29, 0.717) is 11.4 Å². The van der Waals surface area contributed by atoms with Crippen LogP contribution in [0.15, 0.2) is 54.5 Å². The lowest BCUT2D eigenvalue weighted by atomic mass is 10.2. The maximum absolute atomic E-state index is 12.6. The van der Waals surface area contributed by atoms with Crippen molar-refractivity contribution in [2.24, 2.45) is 0 Å². The highest BCUT2D eigenvalue weighted by atomic mass is 32.2. The number of rotatable bonds is 8. The lowest BCUT2D eigenvalue weighted by molar-refractivity contribution is 0.473. The van der Waals surface area contributed by atoms with Gasteiger partial charge in [-0.1, -0.05) is 30.4 Å². The highest BCUT2D eigenvalue weighted by Crippen LogP contribution is 2.20. The van der Waals surface area contributed by atoms with Gasteiger partial charge in [0.05, 0.1) is 4.90 Å². The second-order valence-electron chi connectivity index (χ2n) is 4.04. The molecule has 0 aliphatic rings. The van der Waals surface area contributed by atoms with Gasteiger partial charge in [-0.2, -0.15) is 4.31 Å². The first-order chi connectivity index (χ1) is 9.07. The lowest BCUT2D eigenvalue weighted by Gasteiger charge is -2.20. The minimum absolute atomic E-state index is 0.266. The van der Waals surface area contributed by atoms with Gasteiger partial charge in [-0.15, -0.1) is 13.2 Å². The molecule has 0 bridgehead atoms. The topological polar surface area (TPSA) is 49.4 Å². The Morgan fingerprint density at radius 2 is 1.79 bits per heavy atom. The van der Waals surface area contributed by atoms with Crippen LogP contribution in [0.3, 0.4) is 0 Å². The molecule has 0 aliphatic carbocycles. The Morgan fingerprint density at radius 1 is 1.21 bits per heavy atom. The SMILES string of the molecule is C=CCN(CC=C)S(=O)(=O)c1ccccc1CNC. The highest BCUT2D eigenvalue weighted by Gasteiger charge is 2.24. The number of hydrogen-bond acceptors (Lipinski definition) is 3. The molecule has 104 valence electrons. The van der Waals surface area contributed by atoms with E-state index in [-0.39, 0.29) is 13.1 Å². The van der Waals surface area contributed by atoms with Crippen molar-refractivity contribution in [2.75, 3.05) is 20.1 Å². The van der Waals surface area contributed by atoms with Crippen LogP contribution in [0, 0.1) is 0 Å². The first kappa shape index (κ1) is 15.6. The van der Waals surface area contributed by atoms with Crippen LogP contribution in [-0.4, -0.2) is 32.9 Å². The van der Waals surface area contributed by atoms with Gasteiger partial charge >= 0.3 is 0 Å². The summed E-state index contributed by atoms with van der Waals surface area (Å²) < 4.78 is 26.6. The molecule has 0 unspecified atom stereocenters. The van der Waals surface area contributed by atoms with Crippen LogP contribution in [0.1, 0.15) is 5.56 Å². The van der Waals surface area contributed by atoms with Crippen molar-refractivity contribution in [2.45, 2.75) is 11.4 Å². The van der Waals surface area contributed by atoms with Crippen LogP contribution >= 0.6 is 0 Å². The number of hydrogen-bond donors (Lipinski definition) is 1. The summed E-state index contributed by atoms with van der Waals surface area (Å²) in [6.07, 6.45) is 3.14. The van der Waals surface area contributed by atoms with E-state index in [4.69, 9.17) is 0 Å². The monoisotopic (exact) mass is 280 g/mol. The van der Waals surface area contributed by atoms with E-state index in [1.54, 1.807) is 31.3 Å². The number of nitrogens with zero attached hydrogens (tertiary/aromatic N) is 1. The van der Waals surface area contributed by atoms with Crippen molar-refractivity contribution in [3.8, 4) is 0 Å². The number of sulfonamides is 1. The van der Waals surface area contributed by atoms with E-state index < -0.39 is 10.0 Å². The van der Waals surface area contributed by atoms with Crippen LogP contribution in [-0.2, 0) is 16.6 Å². The first-order valence-corrected chi connectivity index (χ1v) is 7.46. The molecule has 4 nitrogen and oxygen atoms in total. The zero-order valence-electron chi connectivity index (χ0n) is 11.2. The molecule has 0 saturated heterocycles. The summed E-state index contributed by atoms with van der Waals surface area (Å²) >= 11 is 0. The molecule has 1 N–H and O–H groups in total. The molecule has 0 atom stereocenters. The maximum Gasteiger partial charge on any atom is 0.243 e. The van der Waals surface area contributed by atoms with Gasteiger partial charge in [0.15, 0.2) is 0 Å². The Labute approximate surface area is 115 Å². The molecule has 1 aromatic rings. The molecule has 0 heterocycles. The summed E-state index contributed by atoms with van der Waals surface area (Å²) in [4.78, 5) is 0.327. The zero-order chi connectivity index (χ0) is 14.3. The van der Waals surface area contributed by atoms with Gasteiger partial charge < -0.3 is 5.32 Å². The van der Waals surface area contributed by atoms with Gasteiger partial charge in [-0.3, -0.25) is 0 Å². The molecular formula is C14H20N2O2S. The molecule has 0 radical (unpaired) electrons. The third-order valence-electron chi connectivity index (χ3n) is 2.62. The smallest absolute Gasteiger partial charge is 0.243 e. The fraction of sp³-hybridized carbons (Fsp3) is 0.286. The number of benzene rings is 1. The van der Waals surface area contributed by atoms with Crippen LogP contribution in [0.5, 0.6) is 0 Å². The molecule has 5 heteroatoms. The van der Waals surface area contributed by atoms with Gasteiger partial charge in [-0.05, 0) is 18.7 Å². The molecule has 19 heavy (non-hydrogen) atoms. The quantitative estimate of drug-likeness (QED) is 0.738. The second kappa shape index (κ2) is 7.23. The van der Waals surface area contributed by atoms with Gasteiger partial charge in [0.1, 0.15) is 0 Å². The Balaban J connectivity index is 3.23. The molecule has 0 amide bonds. The average molecular weight is 280 g/mol. The fourth-order valence-corrected chi connectivity index (χ4v) is 3.39. The molecule has 0 spiro atoms. The molecule has 1 rings (SSSR count). The zero-order valence-corrected chi connectivity index (χ0v) is 12.0. The van der Waals surface area contributed by atoms with Crippen molar-refractivity contribution >= 4 is 10.0 Å². The normalized spacial score (nSPS) is 11.5. The predicted octanol–water partition coefficient (Wildman–Crippen LogP) is 1.77. The van der Waals surface area contributed by atoms with Gasteiger partial charge in [-0.25, -0.2) is 8.42 Å². The van der Waals surface area contributed by atoms with Crippen LogP contribution in [0.2, 0.25) is 0 Å². The summed E-state index contributed by atoms with van der Waals surface area (Å²) in [6, 6.07) is 6.99. The third kappa shape index (κ3) is 3.76. The summed E-state index contributed by atoms with van der Waals surface area (Å²) in [5, 5.41) is 2.98. The van der Waals surface area contributed by atoms with E-state index in [1.165, 1.54) is 4.31 Å². The van der Waals surface area contributed by atoms with E-state index in [0.717, 1.165) is 5.56 Å². The van der Waals surface area contributed by atoms with Crippen molar-refractivity contribution in [1.82, 2.24) is 9.62 Å². The standard InChI is InChI=1S/C14H20N2O2S/c1-4-10-16(11-5-2)19(17,18)14-9-7-6-8-13(14)12-15-3/h4-9,15H,1-2,10-12H2,3H3. The van der Waals surface area contributed by atoms with Crippen LogP contribution in [0.25, 0.3) is 0 Å². The van der Waals surface area contributed by atoms with E-state index in [2.05, 4.69) is 18.5 Å². The minimum Gasteiger partial charge on any atom is -0.316 e. The van der Waals surface area contributed by atoms with Gasteiger partial charge in [0.25, 0.3) is 0 Å². The molecule has 1 aromatic carbocycles. The fourth-order valence-electron chi connectivity index (χ4n) is 1.79. The Kier molecular flexibility index (Phi) is 5.95. The Morgan fingerprint density at radius 3 is 2.32 bits per heavy atom. The van der Waals surface area contributed by atoms with Crippen molar-refractivity contribution in [1.29, 1.82) is 0 Å². The van der Waals surface area contributed by atoms with Gasteiger partial charge in [0, 0.05) is 19.6 Å². The summed E-state index contributed by atoms with van der Waals surface area (Å²) in [5.74, 6) is 0. The molecular weight excluding hydrogens is 260 g/mol. The molecule has 0 aromatic heterocycles. The summed E-state index contributed by atoms with van der Waals surface area (Å²) in [5.41, 5.74) is 0.753. The molecule has 0 aliphatic heterocycles. The minimum atomic E-state index is -3.53. The van der Waals surface area contributed by atoms with Crippen molar-refractivity contribution in [3.05, 3.63) is 55.1 Å². The van der Waals surface area contributed by atoms with Crippen LogP contribution < -0.4 is 5.32 Å². The van der Waals surface area contributed by atoms with E-state index in [9.17, 15) is 8.42 Å². The summed E-state index contributed by atoms with van der Waals surface area (Å²) in [7, 11) is -1.74. The molecule has 0 fully saturated rings. The van der Waals surface area contributed by atoms with E-state index >= 15 is 0 Å². The maximum atomic E-state index is 12.6. The Bertz CT molecular complexity index is 528. The predicted molar refractivity (Wildman–Crippen MR) is 78.4 cm³/mol. The average Bonchev–Trinajstić information content (AvgIpc) is 2.39. The highest BCUT2D eigenvalue weighted by molar-refractivity contribution is 7.89. The second-order valence-corrected chi connectivity index (χ2v) is 5.94. The Hall–Kier alpha value is -1.43. The first-order valence-electron chi connectivity index (χ1n) is 6.02. The lowest BCUT2D eigenvalue weighted by Crippen LogP contribution is -2.32.